The number of carbonyl (C=O) groups is 3. The highest BCUT2D eigenvalue weighted by atomic mass is 35.5. The highest BCUT2D eigenvalue weighted by molar-refractivity contribution is 6.36. The van der Waals surface area contributed by atoms with Gasteiger partial charge in [0.15, 0.2) is 5.76 Å². The van der Waals surface area contributed by atoms with Crippen LogP contribution in [-0.4, -0.2) is 23.4 Å². The van der Waals surface area contributed by atoms with Crippen molar-refractivity contribution in [1.82, 2.24) is 16.3 Å². The van der Waals surface area contributed by atoms with E-state index in [2.05, 4.69) is 21.4 Å². The zero-order valence-electron chi connectivity index (χ0n) is 18.3. The molecule has 9 nitrogen and oxygen atoms in total. The van der Waals surface area contributed by atoms with E-state index in [1.165, 1.54) is 24.5 Å². The smallest absolute Gasteiger partial charge is 0.305 e. The molecule has 2 aromatic heterocycles. The largest absolute Gasteiger partial charge is 0.469 e. The lowest BCUT2D eigenvalue weighted by Gasteiger charge is -2.13. The van der Waals surface area contributed by atoms with Gasteiger partial charge >= 0.3 is 5.91 Å². The molecule has 0 saturated carbocycles. The van der Waals surface area contributed by atoms with Gasteiger partial charge in [0.2, 0.25) is 0 Å². The van der Waals surface area contributed by atoms with Crippen molar-refractivity contribution in [2.24, 2.45) is 5.10 Å². The van der Waals surface area contributed by atoms with E-state index in [1.54, 1.807) is 19.9 Å². The monoisotopic (exact) mass is 502 g/mol. The highest BCUT2D eigenvalue weighted by Crippen LogP contribution is 2.30. The molecule has 1 aromatic carbocycles. The van der Waals surface area contributed by atoms with Gasteiger partial charge in [0.05, 0.1) is 28.1 Å². The summed E-state index contributed by atoms with van der Waals surface area (Å²) in [5.74, 6) is -0.548. The molecule has 0 atom stereocenters. The first-order valence-corrected chi connectivity index (χ1v) is 11.1. The molecule has 4 rings (SSSR count). The van der Waals surface area contributed by atoms with Gasteiger partial charge in [-0.1, -0.05) is 23.2 Å². The van der Waals surface area contributed by atoms with Crippen LogP contribution in [0.5, 0.6) is 0 Å². The third kappa shape index (κ3) is 4.71. The van der Waals surface area contributed by atoms with Crippen LogP contribution in [0.25, 0.3) is 0 Å². The SMILES string of the molecule is Cc1occc1C(=O)NNC(=O)c1oc2c(c1C)/C(=N/NC(=O)c1ccc(Cl)cc1Cl)CCC2. The number of hydrazone groups is 1. The molecule has 0 saturated heterocycles. The van der Waals surface area contributed by atoms with E-state index < -0.39 is 17.7 Å². The number of rotatable bonds is 4. The van der Waals surface area contributed by atoms with Gasteiger partial charge in [-0.05, 0) is 51.0 Å². The molecule has 0 bridgehead atoms. The number of fused-ring (bicyclic) bond motifs is 1. The van der Waals surface area contributed by atoms with Gasteiger partial charge in [-0.25, -0.2) is 5.43 Å². The predicted molar refractivity (Wildman–Crippen MR) is 125 cm³/mol. The van der Waals surface area contributed by atoms with Gasteiger partial charge in [-0.2, -0.15) is 5.10 Å². The molecule has 34 heavy (non-hydrogen) atoms. The lowest BCUT2D eigenvalue weighted by Crippen LogP contribution is -2.41. The molecule has 0 fully saturated rings. The number of furan rings is 2. The van der Waals surface area contributed by atoms with Crippen LogP contribution in [0.2, 0.25) is 10.0 Å². The van der Waals surface area contributed by atoms with E-state index in [9.17, 15) is 14.4 Å². The summed E-state index contributed by atoms with van der Waals surface area (Å²) in [5, 5.41) is 4.90. The molecular formula is C23H20Cl2N4O5. The van der Waals surface area contributed by atoms with Crippen molar-refractivity contribution in [3.8, 4) is 0 Å². The lowest BCUT2D eigenvalue weighted by molar-refractivity contribution is 0.0828. The lowest BCUT2D eigenvalue weighted by atomic mass is 9.93. The number of halogens is 2. The van der Waals surface area contributed by atoms with Gasteiger partial charge in [-0.15, -0.1) is 0 Å². The molecule has 0 aliphatic heterocycles. The van der Waals surface area contributed by atoms with Crippen LogP contribution >= 0.6 is 23.2 Å². The van der Waals surface area contributed by atoms with Crippen LogP contribution in [0.4, 0.5) is 0 Å². The van der Waals surface area contributed by atoms with Crippen LogP contribution in [0, 0.1) is 13.8 Å². The number of benzene rings is 1. The summed E-state index contributed by atoms with van der Waals surface area (Å²) >= 11 is 12.0. The second kappa shape index (κ2) is 9.74. The second-order valence-electron chi connectivity index (χ2n) is 7.63. The number of hydrazine groups is 1. The summed E-state index contributed by atoms with van der Waals surface area (Å²) in [4.78, 5) is 37.4. The van der Waals surface area contributed by atoms with E-state index in [0.717, 1.165) is 6.42 Å². The summed E-state index contributed by atoms with van der Waals surface area (Å²) in [6.07, 6.45) is 3.31. The molecule has 1 aliphatic carbocycles. The number of nitrogens with one attached hydrogen (secondary N) is 3. The Kier molecular flexibility index (Phi) is 6.76. The summed E-state index contributed by atoms with van der Waals surface area (Å²) in [6, 6.07) is 6.05. The number of hydrogen-bond acceptors (Lipinski definition) is 6. The first kappa shape index (κ1) is 23.6. The molecule has 3 N–H and O–H groups in total. The van der Waals surface area contributed by atoms with Crippen molar-refractivity contribution < 1.29 is 23.2 Å². The van der Waals surface area contributed by atoms with Gasteiger partial charge in [0.25, 0.3) is 11.8 Å². The Morgan fingerprint density at radius 2 is 1.74 bits per heavy atom. The molecular weight excluding hydrogens is 483 g/mol. The molecule has 176 valence electrons. The van der Waals surface area contributed by atoms with Crippen molar-refractivity contribution >= 4 is 46.6 Å². The quantitative estimate of drug-likeness (QED) is 0.457. The van der Waals surface area contributed by atoms with Crippen molar-refractivity contribution in [2.75, 3.05) is 0 Å². The van der Waals surface area contributed by atoms with E-state index >= 15 is 0 Å². The number of nitrogens with zero attached hydrogens (tertiary/aromatic N) is 1. The van der Waals surface area contributed by atoms with Gasteiger partial charge < -0.3 is 8.83 Å². The van der Waals surface area contributed by atoms with Crippen molar-refractivity contribution in [3.63, 3.8) is 0 Å². The van der Waals surface area contributed by atoms with E-state index in [1.807, 2.05) is 0 Å². The first-order valence-electron chi connectivity index (χ1n) is 10.4. The molecule has 3 amide bonds. The number of carbonyl (C=O) groups excluding carboxylic acids is 3. The zero-order valence-corrected chi connectivity index (χ0v) is 19.8. The summed E-state index contributed by atoms with van der Waals surface area (Å²) < 4.78 is 10.9. The van der Waals surface area contributed by atoms with Crippen LogP contribution in [0.15, 0.2) is 44.5 Å². The van der Waals surface area contributed by atoms with Crippen LogP contribution in [0.1, 0.15) is 66.8 Å². The van der Waals surface area contributed by atoms with Gasteiger partial charge in [0.1, 0.15) is 11.5 Å². The molecule has 11 heteroatoms. The number of aryl methyl sites for hydroxylation is 2. The standard InChI is InChI=1S/C23H20Cl2N4O5/c1-11-19-17(26-27-22(31)15-7-6-13(24)10-16(15)25)4-3-5-18(19)34-20(11)23(32)29-28-21(30)14-8-9-33-12(14)2/h6-10H,3-5H2,1-2H3,(H,27,31)(H,28,30)(H,29,32)/b26-17+. The Bertz CT molecular complexity index is 1320. The zero-order chi connectivity index (χ0) is 24.4. The minimum Gasteiger partial charge on any atom is -0.469 e. The second-order valence-corrected chi connectivity index (χ2v) is 8.47. The summed E-state index contributed by atoms with van der Waals surface area (Å²) in [6.45, 7) is 3.36. The molecule has 1 aliphatic rings. The maximum Gasteiger partial charge on any atom is 0.305 e. The Balaban J connectivity index is 1.50. The molecule has 2 heterocycles. The van der Waals surface area contributed by atoms with E-state index in [0.29, 0.717) is 51.8 Å². The van der Waals surface area contributed by atoms with Crippen molar-refractivity contribution in [3.05, 3.63) is 80.1 Å². The fourth-order valence-electron chi connectivity index (χ4n) is 3.71. The fourth-order valence-corrected chi connectivity index (χ4v) is 4.20. The summed E-state index contributed by atoms with van der Waals surface area (Å²) in [7, 11) is 0. The Morgan fingerprint density at radius 3 is 2.44 bits per heavy atom. The average molecular weight is 503 g/mol. The maximum atomic E-state index is 12.7. The third-order valence-corrected chi connectivity index (χ3v) is 5.94. The van der Waals surface area contributed by atoms with Gasteiger partial charge in [0, 0.05) is 22.6 Å². The molecule has 0 radical (unpaired) electrons. The molecule has 0 spiro atoms. The van der Waals surface area contributed by atoms with Gasteiger partial charge in [-0.3, -0.25) is 25.2 Å². The minimum atomic E-state index is -0.613. The molecule has 0 unspecified atom stereocenters. The van der Waals surface area contributed by atoms with Crippen LogP contribution < -0.4 is 16.3 Å². The number of amides is 3. The summed E-state index contributed by atoms with van der Waals surface area (Å²) in [5.41, 5.74) is 9.55. The maximum absolute atomic E-state index is 12.7. The Hall–Kier alpha value is -3.56. The van der Waals surface area contributed by atoms with Crippen molar-refractivity contribution in [1.29, 1.82) is 0 Å². The average Bonchev–Trinajstić information content (AvgIpc) is 3.39. The fraction of sp³-hybridized carbons (Fsp3) is 0.217. The Morgan fingerprint density at radius 1 is 0.971 bits per heavy atom. The van der Waals surface area contributed by atoms with Crippen molar-refractivity contribution in [2.45, 2.75) is 33.1 Å². The van der Waals surface area contributed by atoms with Crippen LogP contribution in [-0.2, 0) is 6.42 Å². The predicted octanol–water partition coefficient (Wildman–Crippen LogP) is 4.34. The third-order valence-electron chi connectivity index (χ3n) is 5.39. The van der Waals surface area contributed by atoms with E-state index in [-0.39, 0.29) is 16.3 Å². The van der Waals surface area contributed by atoms with E-state index in [4.69, 9.17) is 32.0 Å². The topological polar surface area (TPSA) is 126 Å². The minimum absolute atomic E-state index is 0.0517. The Labute approximate surface area is 204 Å². The number of hydrogen-bond donors (Lipinski definition) is 3. The molecule has 3 aromatic rings. The normalized spacial score (nSPS) is 13.9. The highest BCUT2D eigenvalue weighted by Gasteiger charge is 2.28. The van der Waals surface area contributed by atoms with Crippen LogP contribution in [0.3, 0.4) is 0 Å². The first-order chi connectivity index (χ1) is 16.3.